The van der Waals surface area contributed by atoms with Crippen LogP contribution in [0.1, 0.15) is 49.1 Å². The molecular weight excluding hydrogens is 457 g/mol. The van der Waals surface area contributed by atoms with Gasteiger partial charge in [0.1, 0.15) is 11.6 Å². The smallest absolute Gasteiger partial charge is 0.302 e. The third-order valence-corrected chi connectivity index (χ3v) is 6.51. The second-order valence-corrected chi connectivity index (χ2v) is 10.1. The Hall–Kier alpha value is -4.26. The molecular formula is C29H26FN3O3. The number of aryl methyl sites for hydroxylation is 1. The first-order chi connectivity index (χ1) is 17.0. The van der Waals surface area contributed by atoms with Crippen molar-refractivity contribution in [2.45, 2.75) is 39.2 Å². The number of rotatable bonds is 3. The Bertz CT molecular complexity index is 1530. The number of aromatic nitrogens is 2. The lowest BCUT2D eigenvalue weighted by Crippen LogP contribution is -2.30. The number of fused-ring (bicyclic) bond motifs is 1. The number of hydrogen-bond acceptors (Lipinski definition) is 4. The van der Waals surface area contributed by atoms with Crippen LogP contribution in [0.15, 0.2) is 72.3 Å². The fourth-order valence-electron chi connectivity index (χ4n) is 4.52. The molecule has 182 valence electrons. The molecule has 0 saturated carbocycles. The number of ketones is 1. The molecule has 0 aliphatic carbocycles. The molecule has 36 heavy (non-hydrogen) atoms. The number of H-pyrrole nitrogens is 1. The second kappa shape index (κ2) is 8.45. The van der Waals surface area contributed by atoms with Gasteiger partial charge in [0.05, 0.1) is 22.6 Å². The summed E-state index contributed by atoms with van der Waals surface area (Å²) >= 11 is 0. The Morgan fingerprint density at radius 3 is 2.31 bits per heavy atom. The average molecular weight is 484 g/mol. The molecule has 0 bridgehead atoms. The predicted molar refractivity (Wildman–Crippen MR) is 137 cm³/mol. The lowest BCUT2D eigenvalue weighted by atomic mass is 9.85. The summed E-state index contributed by atoms with van der Waals surface area (Å²) in [6.45, 7) is 8.24. The van der Waals surface area contributed by atoms with Gasteiger partial charge in [0.15, 0.2) is 0 Å². The van der Waals surface area contributed by atoms with Crippen molar-refractivity contribution in [1.29, 1.82) is 0 Å². The van der Waals surface area contributed by atoms with Gasteiger partial charge in [-0.05, 0) is 65.4 Å². The van der Waals surface area contributed by atoms with Crippen LogP contribution < -0.4 is 4.90 Å². The van der Waals surface area contributed by atoms with Gasteiger partial charge in [-0.3, -0.25) is 14.5 Å². The van der Waals surface area contributed by atoms with Crippen molar-refractivity contribution in [1.82, 2.24) is 9.97 Å². The molecule has 1 aromatic heterocycles. The van der Waals surface area contributed by atoms with Crippen LogP contribution >= 0.6 is 0 Å². The molecule has 0 spiro atoms. The molecule has 1 aliphatic heterocycles. The highest BCUT2D eigenvalue weighted by molar-refractivity contribution is 6.51. The molecule has 1 saturated heterocycles. The van der Waals surface area contributed by atoms with Gasteiger partial charge < -0.3 is 10.1 Å². The predicted octanol–water partition coefficient (Wildman–Crippen LogP) is 5.93. The highest BCUT2D eigenvalue weighted by Gasteiger charge is 2.48. The van der Waals surface area contributed by atoms with Crippen LogP contribution in [0.2, 0.25) is 0 Å². The van der Waals surface area contributed by atoms with Crippen molar-refractivity contribution in [2.75, 3.05) is 4.90 Å². The number of aliphatic hydroxyl groups excluding tert-OH is 1. The van der Waals surface area contributed by atoms with Crippen LogP contribution in [0.3, 0.4) is 0 Å². The molecule has 1 fully saturated rings. The number of benzene rings is 3. The van der Waals surface area contributed by atoms with E-state index in [9.17, 15) is 19.1 Å². The van der Waals surface area contributed by atoms with Crippen molar-refractivity contribution in [3.63, 3.8) is 0 Å². The van der Waals surface area contributed by atoms with E-state index in [-0.39, 0.29) is 28.3 Å². The molecule has 1 atom stereocenters. The maximum Gasteiger partial charge on any atom is 0.302 e. The Labute approximate surface area is 208 Å². The van der Waals surface area contributed by atoms with Crippen molar-refractivity contribution >= 4 is 34.4 Å². The quantitative estimate of drug-likeness (QED) is 0.215. The lowest BCUT2D eigenvalue weighted by Gasteiger charge is -2.24. The van der Waals surface area contributed by atoms with Gasteiger partial charge in [0.2, 0.25) is 5.95 Å². The first kappa shape index (κ1) is 23.5. The standard InChI is InChI=1S/C29H26FN3O3/c1-16-5-14-21-22(15-16)32-28(31-21)33-24(17-6-10-19(11-7-17)29(2,3)4)23(26(35)27(33)36)25(34)18-8-12-20(30)13-9-18/h5-15,24,34H,1-4H3,(H,31,32)/b25-23+. The summed E-state index contributed by atoms with van der Waals surface area (Å²) in [6, 6.07) is 17.5. The van der Waals surface area contributed by atoms with Crippen LogP contribution in [0.25, 0.3) is 16.8 Å². The average Bonchev–Trinajstić information content (AvgIpc) is 3.36. The first-order valence-electron chi connectivity index (χ1n) is 11.7. The number of Topliss-reactive ketones (excluding diaryl/α,β-unsaturated/α-hetero) is 1. The number of nitrogens with zero attached hydrogens (tertiary/aromatic N) is 2. The van der Waals surface area contributed by atoms with Gasteiger partial charge >= 0.3 is 5.91 Å². The van der Waals surface area contributed by atoms with Crippen LogP contribution in [-0.4, -0.2) is 26.8 Å². The Morgan fingerprint density at radius 2 is 1.67 bits per heavy atom. The fourth-order valence-corrected chi connectivity index (χ4v) is 4.52. The number of aliphatic hydroxyl groups is 1. The molecule has 5 rings (SSSR count). The Morgan fingerprint density at radius 1 is 1.00 bits per heavy atom. The number of carbonyl (C=O) groups excluding carboxylic acids is 2. The van der Waals surface area contributed by atoms with Crippen molar-refractivity contribution < 1.29 is 19.1 Å². The van der Waals surface area contributed by atoms with E-state index >= 15 is 0 Å². The number of aromatic amines is 1. The third-order valence-electron chi connectivity index (χ3n) is 6.51. The summed E-state index contributed by atoms with van der Waals surface area (Å²) in [5.74, 6) is -2.27. The highest BCUT2D eigenvalue weighted by Crippen LogP contribution is 2.42. The number of anilines is 1. The van der Waals surface area contributed by atoms with E-state index in [1.54, 1.807) is 0 Å². The minimum atomic E-state index is -0.925. The van der Waals surface area contributed by atoms with Crippen LogP contribution in [0.5, 0.6) is 0 Å². The normalized spacial score (nSPS) is 17.8. The van der Waals surface area contributed by atoms with Crippen LogP contribution in [0, 0.1) is 12.7 Å². The summed E-state index contributed by atoms with van der Waals surface area (Å²) in [4.78, 5) is 35.7. The van der Waals surface area contributed by atoms with Gasteiger partial charge in [-0.1, -0.05) is 51.1 Å². The minimum absolute atomic E-state index is 0.0771. The van der Waals surface area contributed by atoms with E-state index < -0.39 is 23.5 Å². The Balaban J connectivity index is 1.71. The summed E-state index contributed by atoms with van der Waals surface area (Å²) in [5, 5.41) is 11.2. The number of imidazole rings is 1. The first-order valence-corrected chi connectivity index (χ1v) is 11.7. The monoisotopic (exact) mass is 483 g/mol. The molecule has 1 unspecified atom stereocenters. The summed E-state index contributed by atoms with van der Waals surface area (Å²) < 4.78 is 13.5. The van der Waals surface area contributed by atoms with E-state index in [1.807, 2.05) is 49.4 Å². The zero-order valence-electron chi connectivity index (χ0n) is 20.5. The molecule has 3 aromatic carbocycles. The molecule has 1 aliphatic rings. The van der Waals surface area contributed by atoms with Crippen molar-refractivity contribution in [3.8, 4) is 0 Å². The molecule has 2 heterocycles. The minimum Gasteiger partial charge on any atom is -0.507 e. The summed E-state index contributed by atoms with van der Waals surface area (Å²) in [5.41, 5.74) is 4.20. The summed E-state index contributed by atoms with van der Waals surface area (Å²) in [7, 11) is 0. The van der Waals surface area contributed by atoms with E-state index in [0.717, 1.165) is 16.6 Å². The van der Waals surface area contributed by atoms with E-state index in [1.165, 1.54) is 29.2 Å². The van der Waals surface area contributed by atoms with Gasteiger partial charge in [-0.15, -0.1) is 0 Å². The SMILES string of the molecule is Cc1ccc2nc(N3C(=O)C(=O)/C(=C(/O)c4ccc(F)cc4)C3c3ccc(C(C)(C)C)cc3)[nH]c2c1. The number of halogens is 1. The van der Waals surface area contributed by atoms with Gasteiger partial charge in [-0.2, -0.15) is 0 Å². The maximum atomic E-state index is 13.5. The van der Waals surface area contributed by atoms with Crippen LogP contribution in [0.4, 0.5) is 10.3 Å². The topological polar surface area (TPSA) is 86.3 Å². The number of nitrogens with one attached hydrogen (secondary N) is 1. The molecule has 0 radical (unpaired) electrons. The number of hydrogen-bond donors (Lipinski definition) is 2. The molecule has 1 amide bonds. The van der Waals surface area contributed by atoms with Gasteiger partial charge in [0.25, 0.3) is 5.78 Å². The molecule has 2 N–H and O–H groups in total. The zero-order chi connectivity index (χ0) is 25.8. The third kappa shape index (κ3) is 3.96. The van der Waals surface area contributed by atoms with Crippen LogP contribution in [-0.2, 0) is 15.0 Å². The maximum absolute atomic E-state index is 13.5. The van der Waals surface area contributed by atoms with Gasteiger partial charge in [-0.25, -0.2) is 9.37 Å². The van der Waals surface area contributed by atoms with E-state index in [2.05, 4.69) is 30.7 Å². The number of amides is 1. The summed E-state index contributed by atoms with van der Waals surface area (Å²) in [6.07, 6.45) is 0. The van der Waals surface area contributed by atoms with Crippen molar-refractivity contribution in [2.24, 2.45) is 0 Å². The zero-order valence-corrected chi connectivity index (χ0v) is 20.5. The largest absolute Gasteiger partial charge is 0.507 e. The second-order valence-electron chi connectivity index (χ2n) is 10.1. The van der Waals surface area contributed by atoms with Crippen molar-refractivity contribution in [3.05, 3.63) is 100 Å². The molecule has 7 heteroatoms. The van der Waals surface area contributed by atoms with E-state index in [4.69, 9.17) is 0 Å². The number of carbonyl (C=O) groups is 2. The highest BCUT2D eigenvalue weighted by atomic mass is 19.1. The lowest BCUT2D eigenvalue weighted by molar-refractivity contribution is -0.132. The Kier molecular flexibility index (Phi) is 5.51. The molecule has 4 aromatic rings. The van der Waals surface area contributed by atoms with Gasteiger partial charge in [0, 0.05) is 5.56 Å². The fraction of sp³-hybridized carbons (Fsp3) is 0.207. The van der Waals surface area contributed by atoms with E-state index in [0.29, 0.717) is 11.1 Å². The molecule has 6 nitrogen and oxygen atoms in total.